The standard InChI is InChI=1S/C11H13ClO2/c1-14-11-7-5-3-2-4-6-9(11)10(13)8-12/h2,4,6-7H,3,5,8H2,1H3/b4-2+,9-6-,11-7+. The van der Waals surface area contributed by atoms with Crippen LogP contribution in [0.15, 0.2) is 35.6 Å². The number of carbonyl (C=O) groups is 1. The highest BCUT2D eigenvalue weighted by Crippen LogP contribution is 2.16. The van der Waals surface area contributed by atoms with Crippen LogP contribution >= 0.6 is 11.6 Å². The molecule has 14 heavy (non-hydrogen) atoms. The number of hydrogen-bond donors (Lipinski definition) is 0. The average molecular weight is 213 g/mol. The average Bonchev–Trinajstić information content (AvgIpc) is 2.17. The first kappa shape index (κ1) is 11.1. The van der Waals surface area contributed by atoms with E-state index in [1.54, 1.807) is 13.2 Å². The fraction of sp³-hybridized carbons (Fsp3) is 0.364. The van der Waals surface area contributed by atoms with Crippen molar-refractivity contribution in [3.8, 4) is 0 Å². The molecule has 0 fully saturated rings. The van der Waals surface area contributed by atoms with Gasteiger partial charge in [-0.25, -0.2) is 0 Å². The van der Waals surface area contributed by atoms with Crippen molar-refractivity contribution in [2.45, 2.75) is 12.8 Å². The number of alkyl halides is 1. The van der Waals surface area contributed by atoms with E-state index in [1.807, 2.05) is 18.2 Å². The van der Waals surface area contributed by atoms with Crippen LogP contribution in [-0.2, 0) is 9.53 Å². The van der Waals surface area contributed by atoms with Crippen LogP contribution in [0.4, 0.5) is 0 Å². The third-order valence-electron chi connectivity index (χ3n) is 1.97. The predicted molar refractivity (Wildman–Crippen MR) is 57.3 cm³/mol. The molecule has 0 N–H and O–H groups in total. The molecule has 0 saturated heterocycles. The Kier molecular flexibility index (Phi) is 4.47. The largest absolute Gasteiger partial charge is 0.496 e. The second-order valence-corrected chi connectivity index (χ2v) is 3.18. The third kappa shape index (κ3) is 2.74. The molecule has 2 nitrogen and oxygen atoms in total. The van der Waals surface area contributed by atoms with Crippen LogP contribution in [-0.4, -0.2) is 18.8 Å². The van der Waals surface area contributed by atoms with Gasteiger partial charge in [0, 0.05) is 0 Å². The number of ether oxygens (including phenoxy) is 1. The first-order chi connectivity index (χ1) is 6.79. The highest BCUT2D eigenvalue weighted by atomic mass is 35.5. The number of halogens is 1. The van der Waals surface area contributed by atoms with E-state index in [0.717, 1.165) is 12.8 Å². The van der Waals surface area contributed by atoms with E-state index in [1.165, 1.54) is 0 Å². The van der Waals surface area contributed by atoms with Gasteiger partial charge >= 0.3 is 0 Å². The summed E-state index contributed by atoms with van der Waals surface area (Å²) in [6.45, 7) is 0. The Morgan fingerprint density at radius 1 is 1.57 bits per heavy atom. The van der Waals surface area contributed by atoms with Gasteiger partial charge < -0.3 is 4.74 Å². The Labute approximate surface area is 88.9 Å². The molecule has 3 heteroatoms. The van der Waals surface area contributed by atoms with E-state index in [4.69, 9.17) is 16.3 Å². The van der Waals surface area contributed by atoms with Gasteiger partial charge in [0.25, 0.3) is 0 Å². The summed E-state index contributed by atoms with van der Waals surface area (Å²) in [6, 6.07) is 0. The van der Waals surface area contributed by atoms with Gasteiger partial charge in [-0.3, -0.25) is 4.79 Å². The lowest BCUT2D eigenvalue weighted by Crippen LogP contribution is -2.08. The molecule has 0 aromatic rings. The van der Waals surface area contributed by atoms with Crippen LogP contribution in [0, 0.1) is 0 Å². The van der Waals surface area contributed by atoms with E-state index in [2.05, 4.69) is 0 Å². The van der Waals surface area contributed by atoms with Crippen LogP contribution in [0.3, 0.4) is 0 Å². The molecule has 0 aliphatic heterocycles. The van der Waals surface area contributed by atoms with Crippen molar-refractivity contribution in [1.82, 2.24) is 0 Å². The summed E-state index contributed by atoms with van der Waals surface area (Å²) in [5, 5.41) is 0. The molecule has 0 spiro atoms. The predicted octanol–water partition coefficient (Wildman–Crippen LogP) is 2.60. The van der Waals surface area contributed by atoms with Gasteiger partial charge in [0.05, 0.1) is 18.6 Å². The zero-order chi connectivity index (χ0) is 10.4. The molecule has 0 heterocycles. The Hall–Kier alpha value is -1.02. The minimum Gasteiger partial charge on any atom is -0.496 e. The van der Waals surface area contributed by atoms with E-state index in [0.29, 0.717) is 11.3 Å². The molecule has 0 aromatic carbocycles. The molecule has 0 radical (unpaired) electrons. The van der Waals surface area contributed by atoms with Crippen molar-refractivity contribution in [3.63, 3.8) is 0 Å². The molecule has 0 unspecified atom stereocenters. The number of rotatable bonds is 3. The van der Waals surface area contributed by atoms with Crippen molar-refractivity contribution in [2.24, 2.45) is 0 Å². The molecule has 1 aliphatic rings. The van der Waals surface area contributed by atoms with Crippen molar-refractivity contribution < 1.29 is 9.53 Å². The fourth-order valence-corrected chi connectivity index (χ4v) is 1.40. The Balaban J connectivity index is 2.98. The van der Waals surface area contributed by atoms with Crippen molar-refractivity contribution in [2.75, 3.05) is 13.0 Å². The van der Waals surface area contributed by atoms with Crippen molar-refractivity contribution in [3.05, 3.63) is 35.6 Å². The van der Waals surface area contributed by atoms with Crippen molar-refractivity contribution in [1.29, 1.82) is 0 Å². The van der Waals surface area contributed by atoms with E-state index in [-0.39, 0.29) is 11.7 Å². The molecule has 0 saturated carbocycles. The number of allylic oxidation sites excluding steroid dienone is 5. The topological polar surface area (TPSA) is 26.3 Å². The highest BCUT2D eigenvalue weighted by Gasteiger charge is 2.13. The summed E-state index contributed by atoms with van der Waals surface area (Å²) in [7, 11) is 1.56. The highest BCUT2D eigenvalue weighted by molar-refractivity contribution is 6.31. The first-order valence-electron chi connectivity index (χ1n) is 4.50. The third-order valence-corrected chi connectivity index (χ3v) is 2.21. The summed E-state index contributed by atoms with van der Waals surface area (Å²) in [4.78, 5) is 11.4. The van der Waals surface area contributed by atoms with Gasteiger partial charge in [-0.2, -0.15) is 0 Å². The van der Waals surface area contributed by atoms with Crippen LogP contribution in [0.5, 0.6) is 0 Å². The summed E-state index contributed by atoms with van der Waals surface area (Å²) in [6.07, 6.45) is 9.40. The molecular formula is C11H13ClO2. The summed E-state index contributed by atoms with van der Waals surface area (Å²) in [5.74, 6) is 0.506. The summed E-state index contributed by atoms with van der Waals surface area (Å²) < 4.78 is 5.14. The monoisotopic (exact) mass is 212 g/mol. The van der Waals surface area contributed by atoms with Gasteiger partial charge in [-0.1, -0.05) is 12.2 Å². The lowest BCUT2D eigenvalue weighted by atomic mass is 10.1. The Morgan fingerprint density at radius 2 is 2.36 bits per heavy atom. The molecule has 1 aliphatic carbocycles. The van der Waals surface area contributed by atoms with E-state index < -0.39 is 0 Å². The van der Waals surface area contributed by atoms with Crippen LogP contribution in [0.25, 0.3) is 0 Å². The Bertz CT molecular complexity index is 300. The molecule has 1 rings (SSSR count). The van der Waals surface area contributed by atoms with Gasteiger partial charge in [0.1, 0.15) is 5.76 Å². The molecular weight excluding hydrogens is 200 g/mol. The lowest BCUT2D eigenvalue weighted by molar-refractivity contribution is -0.113. The van der Waals surface area contributed by atoms with Gasteiger partial charge in [0.2, 0.25) is 0 Å². The molecule has 0 aromatic heterocycles. The number of Topliss-reactive ketones (excluding diaryl/α,β-unsaturated/α-hetero) is 1. The first-order valence-corrected chi connectivity index (χ1v) is 5.03. The lowest BCUT2D eigenvalue weighted by Gasteiger charge is -2.09. The second kappa shape index (κ2) is 5.66. The maximum atomic E-state index is 11.4. The van der Waals surface area contributed by atoms with Crippen LogP contribution in [0.2, 0.25) is 0 Å². The second-order valence-electron chi connectivity index (χ2n) is 2.92. The van der Waals surface area contributed by atoms with Crippen LogP contribution < -0.4 is 0 Å². The minimum atomic E-state index is -0.105. The van der Waals surface area contributed by atoms with Crippen LogP contribution in [0.1, 0.15) is 12.8 Å². The SMILES string of the molecule is COC1=C/CC/C=C/C=C\1C(=O)CCl. The molecule has 0 bridgehead atoms. The zero-order valence-corrected chi connectivity index (χ0v) is 8.88. The van der Waals surface area contributed by atoms with Crippen molar-refractivity contribution >= 4 is 17.4 Å². The Morgan fingerprint density at radius 3 is 3.00 bits per heavy atom. The number of ketones is 1. The van der Waals surface area contributed by atoms with E-state index >= 15 is 0 Å². The van der Waals surface area contributed by atoms with Gasteiger partial charge in [0.15, 0.2) is 5.78 Å². The maximum absolute atomic E-state index is 11.4. The fourth-order valence-electron chi connectivity index (χ4n) is 1.26. The maximum Gasteiger partial charge on any atom is 0.181 e. The minimum absolute atomic E-state index is 0.0135. The number of hydrogen-bond acceptors (Lipinski definition) is 2. The summed E-state index contributed by atoms with van der Waals surface area (Å²) in [5.41, 5.74) is 0.554. The van der Waals surface area contributed by atoms with Gasteiger partial charge in [-0.05, 0) is 25.0 Å². The van der Waals surface area contributed by atoms with Gasteiger partial charge in [-0.15, -0.1) is 11.6 Å². The molecule has 0 amide bonds. The quantitative estimate of drug-likeness (QED) is 0.673. The zero-order valence-electron chi connectivity index (χ0n) is 8.13. The number of methoxy groups -OCH3 is 1. The normalized spacial score (nSPS) is 26.1. The number of carbonyl (C=O) groups excluding carboxylic acids is 1. The molecule has 0 atom stereocenters. The summed E-state index contributed by atoms with van der Waals surface area (Å²) >= 11 is 5.50. The molecule has 76 valence electrons. The smallest absolute Gasteiger partial charge is 0.181 e. The van der Waals surface area contributed by atoms with E-state index in [9.17, 15) is 4.79 Å².